The molecule has 4 heteroatoms. The van der Waals surface area contributed by atoms with Gasteiger partial charge in [-0.2, -0.15) is 11.8 Å². The van der Waals surface area contributed by atoms with E-state index in [1.54, 1.807) is 6.20 Å². The Morgan fingerprint density at radius 2 is 2.26 bits per heavy atom. The van der Waals surface area contributed by atoms with Crippen LogP contribution in [-0.2, 0) is 0 Å². The third-order valence-electron chi connectivity index (χ3n) is 3.09. The number of aromatic nitrogens is 1. The minimum absolute atomic E-state index is 0.146. The highest BCUT2D eigenvalue weighted by Crippen LogP contribution is 2.35. The van der Waals surface area contributed by atoms with Gasteiger partial charge in [-0.1, -0.05) is 13.8 Å². The fourth-order valence-corrected chi connectivity index (χ4v) is 3.67. The first-order valence-electron chi connectivity index (χ1n) is 6.92. The zero-order valence-corrected chi connectivity index (χ0v) is 13.1. The lowest BCUT2D eigenvalue weighted by atomic mass is 9.88. The molecule has 1 aliphatic heterocycles. The SMILES string of the molecule is CC(C)Oc1ncccc1NC1CSCC(C)(C)C1. The summed E-state index contributed by atoms with van der Waals surface area (Å²) < 4.78 is 5.76. The molecule has 2 rings (SSSR count). The number of nitrogens with zero attached hydrogens (tertiary/aromatic N) is 1. The van der Waals surface area contributed by atoms with Gasteiger partial charge in [-0.3, -0.25) is 0 Å². The molecular weight excluding hydrogens is 256 g/mol. The van der Waals surface area contributed by atoms with Crippen molar-refractivity contribution in [1.82, 2.24) is 4.98 Å². The number of nitrogens with one attached hydrogen (secondary N) is 1. The van der Waals surface area contributed by atoms with Gasteiger partial charge >= 0.3 is 0 Å². The summed E-state index contributed by atoms with van der Waals surface area (Å²) in [4.78, 5) is 4.33. The van der Waals surface area contributed by atoms with Crippen LogP contribution in [0.5, 0.6) is 5.88 Å². The molecule has 1 N–H and O–H groups in total. The van der Waals surface area contributed by atoms with Crippen molar-refractivity contribution in [2.45, 2.75) is 46.3 Å². The van der Waals surface area contributed by atoms with E-state index < -0.39 is 0 Å². The average Bonchev–Trinajstić information content (AvgIpc) is 2.30. The molecule has 2 heterocycles. The van der Waals surface area contributed by atoms with Gasteiger partial charge in [0.25, 0.3) is 0 Å². The largest absolute Gasteiger partial charge is 0.473 e. The summed E-state index contributed by atoms with van der Waals surface area (Å²) in [7, 11) is 0. The average molecular weight is 280 g/mol. The van der Waals surface area contributed by atoms with Gasteiger partial charge in [0, 0.05) is 18.0 Å². The molecule has 1 aromatic heterocycles. The number of hydrogen-bond acceptors (Lipinski definition) is 4. The normalized spacial score (nSPS) is 22.3. The number of hydrogen-bond donors (Lipinski definition) is 1. The zero-order valence-electron chi connectivity index (χ0n) is 12.3. The van der Waals surface area contributed by atoms with Crippen LogP contribution in [0.1, 0.15) is 34.1 Å². The molecule has 1 aliphatic rings. The van der Waals surface area contributed by atoms with Crippen molar-refractivity contribution in [3.8, 4) is 5.88 Å². The third kappa shape index (κ3) is 4.30. The van der Waals surface area contributed by atoms with Crippen molar-refractivity contribution in [2.75, 3.05) is 16.8 Å². The van der Waals surface area contributed by atoms with E-state index in [4.69, 9.17) is 4.74 Å². The molecule has 106 valence electrons. The van der Waals surface area contributed by atoms with Gasteiger partial charge in [0.05, 0.1) is 11.8 Å². The summed E-state index contributed by atoms with van der Waals surface area (Å²) in [5.74, 6) is 3.11. The lowest BCUT2D eigenvalue weighted by Crippen LogP contribution is -2.35. The van der Waals surface area contributed by atoms with Crippen LogP contribution in [0.2, 0.25) is 0 Å². The number of ether oxygens (including phenoxy) is 1. The van der Waals surface area contributed by atoms with E-state index in [0.717, 1.165) is 11.4 Å². The van der Waals surface area contributed by atoms with Gasteiger partial charge in [0.15, 0.2) is 0 Å². The monoisotopic (exact) mass is 280 g/mol. The Labute approximate surface area is 120 Å². The topological polar surface area (TPSA) is 34.1 Å². The Hall–Kier alpha value is -0.900. The smallest absolute Gasteiger partial charge is 0.237 e. The highest BCUT2D eigenvalue weighted by Gasteiger charge is 2.28. The Balaban J connectivity index is 2.06. The summed E-state index contributed by atoms with van der Waals surface area (Å²) in [6, 6.07) is 4.50. The van der Waals surface area contributed by atoms with Crippen LogP contribution in [0, 0.1) is 5.41 Å². The maximum Gasteiger partial charge on any atom is 0.237 e. The molecule has 1 saturated heterocycles. The minimum atomic E-state index is 0.146. The maximum atomic E-state index is 5.76. The molecule has 0 spiro atoms. The number of anilines is 1. The van der Waals surface area contributed by atoms with E-state index in [-0.39, 0.29) is 6.10 Å². The van der Waals surface area contributed by atoms with Crippen LogP contribution in [0.4, 0.5) is 5.69 Å². The maximum absolute atomic E-state index is 5.76. The summed E-state index contributed by atoms with van der Waals surface area (Å²) in [5.41, 5.74) is 1.42. The molecule has 0 bridgehead atoms. The van der Waals surface area contributed by atoms with Crippen molar-refractivity contribution >= 4 is 17.4 Å². The molecule has 1 fully saturated rings. The van der Waals surface area contributed by atoms with Crippen LogP contribution < -0.4 is 10.1 Å². The van der Waals surface area contributed by atoms with Crippen molar-refractivity contribution in [3.05, 3.63) is 18.3 Å². The predicted octanol–water partition coefficient (Wildman–Crippen LogP) is 3.81. The summed E-state index contributed by atoms with van der Waals surface area (Å²) >= 11 is 2.03. The van der Waals surface area contributed by atoms with Crippen LogP contribution in [-0.4, -0.2) is 28.6 Å². The first-order valence-corrected chi connectivity index (χ1v) is 8.08. The summed E-state index contributed by atoms with van der Waals surface area (Å²) in [6.45, 7) is 8.72. The van der Waals surface area contributed by atoms with E-state index in [1.165, 1.54) is 12.2 Å². The van der Waals surface area contributed by atoms with Crippen molar-refractivity contribution < 1.29 is 4.74 Å². The van der Waals surface area contributed by atoms with Crippen molar-refractivity contribution in [1.29, 1.82) is 0 Å². The van der Waals surface area contributed by atoms with E-state index in [0.29, 0.717) is 17.3 Å². The Morgan fingerprint density at radius 3 is 2.95 bits per heavy atom. The molecule has 1 unspecified atom stereocenters. The highest BCUT2D eigenvalue weighted by atomic mass is 32.2. The zero-order chi connectivity index (χ0) is 13.9. The fourth-order valence-electron chi connectivity index (χ4n) is 2.39. The van der Waals surface area contributed by atoms with Crippen LogP contribution in [0.3, 0.4) is 0 Å². The fraction of sp³-hybridized carbons (Fsp3) is 0.667. The predicted molar refractivity (Wildman–Crippen MR) is 83.1 cm³/mol. The van der Waals surface area contributed by atoms with Crippen molar-refractivity contribution in [3.63, 3.8) is 0 Å². The van der Waals surface area contributed by atoms with Crippen LogP contribution >= 0.6 is 11.8 Å². The van der Waals surface area contributed by atoms with Gasteiger partial charge in [0.2, 0.25) is 5.88 Å². The molecule has 0 radical (unpaired) electrons. The molecule has 0 aliphatic carbocycles. The van der Waals surface area contributed by atoms with Gasteiger partial charge in [-0.15, -0.1) is 0 Å². The molecule has 0 saturated carbocycles. The van der Waals surface area contributed by atoms with E-state index in [1.807, 2.05) is 31.7 Å². The second-order valence-electron chi connectivity index (χ2n) is 6.25. The number of thioether (sulfide) groups is 1. The van der Waals surface area contributed by atoms with Gasteiger partial charge < -0.3 is 10.1 Å². The van der Waals surface area contributed by atoms with E-state index >= 15 is 0 Å². The highest BCUT2D eigenvalue weighted by molar-refractivity contribution is 7.99. The standard InChI is InChI=1S/C15H24N2OS/c1-11(2)18-14-13(6-5-7-16-14)17-12-8-15(3,4)10-19-9-12/h5-7,11-12,17H,8-10H2,1-4H3. The van der Waals surface area contributed by atoms with Crippen LogP contribution in [0.15, 0.2) is 18.3 Å². The second-order valence-corrected chi connectivity index (χ2v) is 7.28. The molecule has 0 aromatic carbocycles. The molecule has 3 nitrogen and oxygen atoms in total. The molecule has 0 amide bonds. The van der Waals surface area contributed by atoms with E-state index in [9.17, 15) is 0 Å². The Morgan fingerprint density at radius 1 is 1.47 bits per heavy atom. The Bertz CT molecular complexity index is 420. The minimum Gasteiger partial charge on any atom is -0.473 e. The first-order chi connectivity index (χ1) is 8.96. The molecule has 1 aromatic rings. The third-order valence-corrected chi connectivity index (χ3v) is 4.71. The number of pyridine rings is 1. The van der Waals surface area contributed by atoms with Crippen LogP contribution in [0.25, 0.3) is 0 Å². The lowest BCUT2D eigenvalue weighted by Gasteiger charge is -2.35. The molecule has 19 heavy (non-hydrogen) atoms. The molecule has 1 atom stereocenters. The van der Waals surface area contributed by atoms with Gasteiger partial charge in [-0.25, -0.2) is 4.98 Å². The first kappa shape index (κ1) is 14.5. The van der Waals surface area contributed by atoms with Gasteiger partial charge in [-0.05, 0) is 43.6 Å². The Kier molecular flexibility index (Phi) is 4.61. The summed E-state index contributed by atoms with van der Waals surface area (Å²) in [5, 5.41) is 3.60. The van der Waals surface area contributed by atoms with Gasteiger partial charge in [0.1, 0.15) is 0 Å². The quantitative estimate of drug-likeness (QED) is 0.909. The lowest BCUT2D eigenvalue weighted by molar-refractivity contribution is 0.233. The summed E-state index contributed by atoms with van der Waals surface area (Å²) in [6.07, 6.45) is 3.12. The number of rotatable bonds is 4. The molecular formula is C15H24N2OS. The van der Waals surface area contributed by atoms with Crippen molar-refractivity contribution in [2.24, 2.45) is 5.41 Å². The second kappa shape index (κ2) is 6.04. The van der Waals surface area contributed by atoms with E-state index in [2.05, 4.69) is 30.2 Å².